The van der Waals surface area contributed by atoms with Gasteiger partial charge < -0.3 is 25.3 Å². The molecule has 1 amide bonds. The Morgan fingerprint density at radius 2 is 2.07 bits per heavy atom. The van der Waals surface area contributed by atoms with Crippen LogP contribution in [0.3, 0.4) is 0 Å². The van der Waals surface area contributed by atoms with Gasteiger partial charge in [-0.25, -0.2) is 17.8 Å². The number of hydrogen-bond donors (Lipinski definition) is 3. The second kappa shape index (κ2) is 11.9. The van der Waals surface area contributed by atoms with Crippen molar-refractivity contribution in [1.29, 1.82) is 0 Å². The van der Waals surface area contributed by atoms with Crippen LogP contribution in [0.25, 0.3) is 11.0 Å². The molecule has 0 aliphatic carbocycles. The number of benzene rings is 2. The highest BCUT2D eigenvalue weighted by Crippen LogP contribution is 2.35. The first-order chi connectivity index (χ1) is 19.3. The number of methoxy groups -OCH3 is 1. The van der Waals surface area contributed by atoms with Crippen LogP contribution < -0.4 is 15.4 Å². The van der Waals surface area contributed by atoms with Crippen molar-refractivity contribution in [2.75, 3.05) is 38.3 Å². The molecule has 0 radical (unpaired) electrons. The number of amides is 1. The van der Waals surface area contributed by atoms with Crippen LogP contribution in [-0.2, 0) is 9.84 Å². The van der Waals surface area contributed by atoms with Crippen molar-refractivity contribution in [2.45, 2.75) is 30.5 Å². The number of aromatic amines is 1. The van der Waals surface area contributed by atoms with E-state index >= 15 is 0 Å². The smallest absolute Gasteiger partial charge is 0.408 e. The van der Waals surface area contributed by atoms with Crippen LogP contribution in [0.1, 0.15) is 23.7 Å². The first-order valence-electron chi connectivity index (χ1n) is 12.6. The number of nitrogens with zero attached hydrogens (tertiary/aromatic N) is 2. The Morgan fingerprint density at radius 3 is 2.73 bits per heavy atom. The maximum Gasteiger partial charge on any atom is 0.408 e. The molecule has 14 heteroatoms. The molecule has 220 valence electrons. The largest absolute Gasteiger partial charge is 0.495 e. The lowest BCUT2D eigenvalue weighted by atomic mass is 9.81. The number of rotatable bonds is 7. The third kappa shape index (κ3) is 6.84. The topological polar surface area (TPSA) is 116 Å². The summed E-state index contributed by atoms with van der Waals surface area (Å²) in [4.78, 5) is 21.0. The summed E-state index contributed by atoms with van der Waals surface area (Å²) < 4.78 is 85.3. The van der Waals surface area contributed by atoms with Gasteiger partial charge in [-0.15, -0.1) is 0 Å². The minimum atomic E-state index is -4.66. The second-order valence-electron chi connectivity index (χ2n) is 9.87. The van der Waals surface area contributed by atoms with Gasteiger partial charge in [-0.2, -0.15) is 13.2 Å². The zero-order chi connectivity index (χ0) is 29.9. The van der Waals surface area contributed by atoms with Crippen LogP contribution in [0.4, 0.5) is 23.2 Å². The van der Waals surface area contributed by atoms with Gasteiger partial charge in [0, 0.05) is 37.5 Å². The predicted molar refractivity (Wildman–Crippen MR) is 145 cm³/mol. The first kappa shape index (κ1) is 30.0. The predicted octanol–water partition coefficient (Wildman–Crippen LogP) is 3.81. The fourth-order valence-electron chi connectivity index (χ4n) is 4.98. The summed E-state index contributed by atoms with van der Waals surface area (Å²) in [5.41, 5.74) is 1.10. The number of H-pyrrole nitrogens is 1. The van der Waals surface area contributed by atoms with E-state index in [1.54, 1.807) is 24.0 Å². The van der Waals surface area contributed by atoms with E-state index in [4.69, 9.17) is 4.74 Å². The number of para-hydroxylation sites is 1. The monoisotopic (exact) mass is 595 g/mol. The average molecular weight is 596 g/mol. The van der Waals surface area contributed by atoms with Gasteiger partial charge in [-0.05, 0) is 30.4 Å². The number of hydrogen-bond acceptors (Lipinski definition) is 7. The van der Waals surface area contributed by atoms with Crippen molar-refractivity contribution in [3.8, 4) is 17.7 Å². The van der Waals surface area contributed by atoms with E-state index in [1.807, 2.05) is 0 Å². The average Bonchev–Trinajstić information content (AvgIpc) is 3.38. The number of likely N-dealkylation sites (tertiary alicyclic amines) is 1. The number of sulfone groups is 1. The standard InChI is InChI=1S/C27H29F4N5O4S/c1-16-14-36(10-5-9-32-21-12-19(28)23(41(3,38)39)13-22(21)40-2)11-8-17(16)25(27(29,30)31)35-26(37)18-6-4-7-20-24(18)34-15-33-20/h4,6-7,12-13,15-17,25,32H,8-9,11,14H2,1-3H3,(H,33,34)(H,35,37)/t16-,17+,25?/m1/s1. The molecule has 41 heavy (non-hydrogen) atoms. The van der Waals surface area contributed by atoms with Crippen molar-refractivity contribution >= 4 is 32.5 Å². The number of carbonyl (C=O) groups excluding carboxylic acids is 1. The van der Waals surface area contributed by atoms with Gasteiger partial charge in [0.2, 0.25) is 0 Å². The number of piperidine rings is 1. The molecule has 0 saturated carbocycles. The third-order valence-electron chi connectivity index (χ3n) is 6.99. The molecule has 0 spiro atoms. The second-order valence-corrected chi connectivity index (χ2v) is 11.9. The van der Waals surface area contributed by atoms with Gasteiger partial charge in [0.25, 0.3) is 5.91 Å². The van der Waals surface area contributed by atoms with E-state index < -0.39 is 50.5 Å². The maximum absolute atomic E-state index is 14.3. The van der Waals surface area contributed by atoms with Crippen molar-refractivity contribution in [2.24, 2.45) is 11.8 Å². The molecule has 1 saturated heterocycles. The molecule has 3 atom stereocenters. The molecule has 2 heterocycles. The molecule has 3 aromatic rings. The van der Waals surface area contributed by atoms with Crippen molar-refractivity contribution < 1.29 is 35.5 Å². The molecule has 4 rings (SSSR count). The molecule has 3 N–H and O–H groups in total. The molecule has 2 aromatic carbocycles. The van der Waals surface area contributed by atoms with Crippen LogP contribution in [-0.4, -0.2) is 74.4 Å². The Balaban J connectivity index is 1.39. The zero-order valence-electron chi connectivity index (χ0n) is 22.5. The summed E-state index contributed by atoms with van der Waals surface area (Å²) >= 11 is 0. The van der Waals surface area contributed by atoms with Crippen molar-refractivity contribution in [3.05, 3.63) is 48.0 Å². The molecule has 0 bridgehead atoms. The van der Waals surface area contributed by atoms with Crippen LogP contribution in [0.5, 0.6) is 5.75 Å². The highest BCUT2D eigenvalue weighted by atomic mass is 32.2. The molecular formula is C27H29F4N5O4S. The van der Waals surface area contributed by atoms with E-state index in [0.717, 1.165) is 18.4 Å². The normalized spacial score (nSPS) is 18.4. The summed E-state index contributed by atoms with van der Waals surface area (Å²) in [6.07, 6.45) is -2.25. The van der Waals surface area contributed by atoms with Gasteiger partial charge in [-0.3, -0.25) is 4.79 Å². The lowest BCUT2D eigenvalue weighted by Gasteiger charge is -2.40. The van der Waals surface area contributed by atoms with E-state index in [0.29, 0.717) is 11.0 Å². The van der Waals surface area contributed by atoms with Crippen LogP contribution in [0.2, 0.25) is 0 Å². The number of anilines is 1. The van der Waals surface area contributed by atoms with Crippen LogP contribution in [0.15, 0.2) is 41.6 Å². The quantitative estimate of drug-likeness (QED) is 0.281. The summed E-state index contributed by atoms with van der Waals surface area (Å²) in [6.45, 7) is 2.23. The lowest BCUT2D eigenvalue weighted by molar-refractivity contribution is -0.172. The number of fused-ring (bicyclic) bond motifs is 1. The molecule has 1 aliphatic rings. The summed E-state index contributed by atoms with van der Waals surface area (Å²) in [6, 6.07) is 7.63. The molecular weight excluding hydrogens is 566 g/mol. The number of nitrogens with one attached hydrogen (secondary N) is 3. The summed E-state index contributed by atoms with van der Waals surface area (Å²) in [5, 5.41) is 5.07. The minimum Gasteiger partial charge on any atom is -0.495 e. The van der Waals surface area contributed by atoms with E-state index in [2.05, 4.69) is 32.6 Å². The maximum atomic E-state index is 14.3. The summed E-state index contributed by atoms with van der Waals surface area (Å²) in [5.74, 6) is -0.131. The zero-order valence-corrected chi connectivity index (χ0v) is 23.3. The van der Waals surface area contributed by atoms with Gasteiger partial charge in [-0.1, -0.05) is 18.9 Å². The number of carbonyl (C=O) groups is 1. The van der Waals surface area contributed by atoms with Crippen molar-refractivity contribution in [1.82, 2.24) is 20.2 Å². The van der Waals surface area contributed by atoms with Gasteiger partial charge in [0.1, 0.15) is 28.0 Å². The molecule has 1 unspecified atom stereocenters. The number of ether oxygens (including phenoxy) is 1. The number of aromatic nitrogens is 2. The van der Waals surface area contributed by atoms with E-state index in [1.165, 1.54) is 19.5 Å². The number of halogens is 4. The fraction of sp³-hybridized carbons (Fsp3) is 0.407. The Morgan fingerprint density at radius 1 is 1.32 bits per heavy atom. The van der Waals surface area contributed by atoms with Gasteiger partial charge >= 0.3 is 6.18 Å². The SMILES string of the molecule is COc1cc(S(C)(=O)=O)c(F)cc1NCC#CN1CC[C@H](C(NC(=O)c2cccc3[nH]cnc23)C(F)(F)F)[C@H](C)C1. The Labute approximate surface area is 234 Å². The third-order valence-corrected chi connectivity index (χ3v) is 8.10. The number of alkyl halides is 3. The molecule has 9 nitrogen and oxygen atoms in total. The molecule has 1 aromatic heterocycles. The van der Waals surface area contributed by atoms with Crippen LogP contribution in [0, 0.1) is 29.6 Å². The van der Waals surface area contributed by atoms with Gasteiger partial charge in [0.05, 0.1) is 36.7 Å². The molecule has 1 fully saturated rings. The fourth-order valence-corrected chi connectivity index (χ4v) is 5.71. The highest BCUT2D eigenvalue weighted by molar-refractivity contribution is 7.90. The highest BCUT2D eigenvalue weighted by Gasteiger charge is 2.48. The Kier molecular flexibility index (Phi) is 8.67. The first-order valence-corrected chi connectivity index (χ1v) is 14.5. The van der Waals surface area contributed by atoms with E-state index in [-0.39, 0.29) is 43.1 Å². The van der Waals surface area contributed by atoms with Crippen LogP contribution >= 0.6 is 0 Å². The minimum absolute atomic E-state index is 0.0439. The lowest BCUT2D eigenvalue weighted by Crippen LogP contribution is -2.55. The van der Waals surface area contributed by atoms with Gasteiger partial charge in [0.15, 0.2) is 9.84 Å². The van der Waals surface area contributed by atoms with E-state index in [9.17, 15) is 30.8 Å². The molecule has 1 aliphatic heterocycles. The Hall–Kier alpha value is -3.99. The number of imidazole rings is 1. The Bertz CT molecular complexity index is 1600. The summed E-state index contributed by atoms with van der Waals surface area (Å²) in [7, 11) is -2.47. The van der Waals surface area contributed by atoms with Crippen molar-refractivity contribution in [3.63, 3.8) is 0 Å².